The van der Waals surface area contributed by atoms with Crippen molar-refractivity contribution in [3.63, 3.8) is 0 Å². The molecule has 0 atom stereocenters. The fourth-order valence-corrected chi connectivity index (χ4v) is 10.5. The molecule has 0 saturated heterocycles. The summed E-state index contributed by atoms with van der Waals surface area (Å²) in [6, 6.07) is 73.4. The second-order valence-corrected chi connectivity index (χ2v) is 16.3. The number of fused-ring (bicyclic) bond motifs is 7. The van der Waals surface area contributed by atoms with Gasteiger partial charge in [-0.05, 0) is 111 Å². The zero-order valence-corrected chi connectivity index (χ0v) is 31.4. The molecule has 11 aromatic rings. The maximum absolute atomic E-state index is 2.39. The molecular formula is C52H33NS2. The molecule has 0 radical (unpaired) electrons. The Balaban J connectivity index is 1.03. The Morgan fingerprint density at radius 3 is 1.62 bits per heavy atom. The first-order valence-corrected chi connectivity index (χ1v) is 20.3. The number of rotatable bonds is 6. The predicted molar refractivity (Wildman–Crippen MR) is 241 cm³/mol. The van der Waals surface area contributed by atoms with Crippen molar-refractivity contribution in [1.82, 2.24) is 0 Å². The van der Waals surface area contributed by atoms with Crippen molar-refractivity contribution < 1.29 is 0 Å². The Bertz CT molecular complexity index is 3200. The van der Waals surface area contributed by atoms with E-state index in [9.17, 15) is 0 Å². The fraction of sp³-hybridized carbons (Fsp3) is 0. The van der Waals surface area contributed by atoms with E-state index in [-0.39, 0.29) is 0 Å². The van der Waals surface area contributed by atoms with Gasteiger partial charge in [0.1, 0.15) is 0 Å². The number of hydrogen-bond acceptors (Lipinski definition) is 3. The molecule has 0 aliphatic heterocycles. The van der Waals surface area contributed by atoms with Crippen molar-refractivity contribution in [2.24, 2.45) is 0 Å². The molecule has 0 aliphatic carbocycles. The highest BCUT2D eigenvalue weighted by molar-refractivity contribution is 7.26. The Hall–Kier alpha value is -6.52. The lowest BCUT2D eigenvalue weighted by atomic mass is 9.97. The van der Waals surface area contributed by atoms with Crippen LogP contribution in [-0.4, -0.2) is 0 Å². The SMILES string of the molecule is c1cc(-c2ccc3sc4ccccc4c3c2)cc(N(c2ccc(-c3cccc4ccccc34)cc2)c2ccc(-c3cccc4sc5ccccc5c34)cc2)c1. The average Bonchev–Trinajstić information content (AvgIpc) is 3.83. The van der Waals surface area contributed by atoms with Gasteiger partial charge in [0.2, 0.25) is 0 Å². The minimum atomic E-state index is 1.11. The number of thiophene rings is 2. The molecule has 3 heteroatoms. The van der Waals surface area contributed by atoms with E-state index < -0.39 is 0 Å². The molecule has 0 N–H and O–H groups in total. The quantitative estimate of drug-likeness (QED) is 0.164. The topological polar surface area (TPSA) is 3.24 Å². The summed E-state index contributed by atoms with van der Waals surface area (Å²) in [5, 5.41) is 7.80. The van der Waals surface area contributed by atoms with Crippen LogP contribution in [0.1, 0.15) is 0 Å². The van der Waals surface area contributed by atoms with Gasteiger partial charge in [0, 0.05) is 57.4 Å². The Labute approximate surface area is 327 Å². The van der Waals surface area contributed by atoms with Gasteiger partial charge >= 0.3 is 0 Å². The molecule has 0 aliphatic rings. The van der Waals surface area contributed by atoms with Gasteiger partial charge < -0.3 is 4.90 Å². The summed E-state index contributed by atoms with van der Waals surface area (Å²) in [4.78, 5) is 2.39. The highest BCUT2D eigenvalue weighted by Crippen LogP contribution is 2.43. The summed E-state index contributed by atoms with van der Waals surface area (Å²) in [7, 11) is 0. The zero-order chi connectivity index (χ0) is 36.3. The minimum absolute atomic E-state index is 1.11. The molecule has 0 unspecified atom stereocenters. The van der Waals surface area contributed by atoms with Crippen molar-refractivity contribution in [1.29, 1.82) is 0 Å². The van der Waals surface area contributed by atoms with Crippen LogP contribution in [0.25, 0.3) is 84.5 Å². The first-order chi connectivity index (χ1) is 27.2. The Kier molecular flexibility index (Phi) is 7.61. The molecule has 9 aromatic carbocycles. The number of anilines is 3. The summed E-state index contributed by atoms with van der Waals surface area (Å²) in [6.45, 7) is 0. The van der Waals surface area contributed by atoms with Crippen molar-refractivity contribution in [3.05, 3.63) is 200 Å². The standard InChI is InChI=1S/C52H33NS2/c1-2-14-42-34(10-1)11-8-17-43(42)35-22-27-39(28-23-35)53(40-29-24-36(25-30-40)44-18-9-21-51-52(44)46-16-4-6-20-49(46)55-51)41-13-7-12-37(32-41)38-26-31-50-47(33-38)45-15-3-5-19-48(45)54-50/h1-33H. The van der Waals surface area contributed by atoms with Crippen LogP contribution in [0.2, 0.25) is 0 Å². The highest BCUT2D eigenvalue weighted by Gasteiger charge is 2.17. The normalized spacial score (nSPS) is 11.6. The van der Waals surface area contributed by atoms with Gasteiger partial charge in [0.15, 0.2) is 0 Å². The minimum Gasteiger partial charge on any atom is -0.310 e. The second-order valence-electron chi connectivity index (χ2n) is 14.1. The molecule has 0 spiro atoms. The van der Waals surface area contributed by atoms with Crippen LogP contribution in [-0.2, 0) is 0 Å². The van der Waals surface area contributed by atoms with Crippen molar-refractivity contribution >= 4 is 90.9 Å². The fourth-order valence-electron chi connectivity index (χ4n) is 8.25. The molecule has 55 heavy (non-hydrogen) atoms. The van der Waals surface area contributed by atoms with E-state index in [0.717, 1.165) is 17.1 Å². The molecule has 2 aromatic heterocycles. The summed E-state index contributed by atoms with van der Waals surface area (Å²) < 4.78 is 5.29. The highest BCUT2D eigenvalue weighted by atomic mass is 32.1. The zero-order valence-electron chi connectivity index (χ0n) is 29.8. The third-order valence-electron chi connectivity index (χ3n) is 10.9. The molecule has 0 bridgehead atoms. The second kappa shape index (κ2) is 13.1. The van der Waals surface area contributed by atoms with Crippen LogP contribution in [0.3, 0.4) is 0 Å². The van der Waals surface area contributed by atoms with Gasteiger partial charge in [0.25, 0.3) is 0 Å². The molecule has 1 nitrogen and oxygen atoms in total. The van der Waals surface area contributed by atoms with Gasteiger partial charge in [-0.2, -0.15) is 0 Å². The van der Waals surface area contributed by atoms with E-state index in [4.69, 9.17) is 0 Å². The third-order valence-corrected chi connectivity index (χ3v) is 13.2. The maximum atomic E-state index is 2.39. The van der Waals surface area contributed by atoms with Crippen molar-refractivity contribution in [3.8, 4) is 33.4 Å². The van der Waals surface area contributed by atoms with Crippen molar-refractivity contribution in [2.75, 3.05) is 4.90 Å². The van der Waals surface area contributed by atoms with Crippen molar-refractivity contribution in [2.45, 2.75) is 0 Å². The van der Waals surface area contributed by atoms with E-state index in [1.165, 1.54) is 84.5 Å². The summed E-state index contributed by atoms with van der Waals surface area (Å²) in [5.41, 5.74) is 10.7. The summed E-state index contributed by atoms with van der Waals surface area (Å²) >= 11 is 3.73. The van der Waals surface area contributed by atoms with Gasteiger partial charge in [-0.1, -0.05) is 133 Å². The van der Waals surface area contributed by atoms with E-state index >= 15 is 0 Å². The number of benzene rings is 9. The first-order valence-electron chi connectivity index (χ1n) is 18.7. The van der Waals surface area contributed by atoms with E-state index in [1.54, 1.807) is 0 Å². The van der Waals surface area contributed by atoms with Crippen LogP contribution >= 0.6 is 22.7 Å². The smallest absolute Gasteiger partial charge is 0.0467 e. The molecular weight excluding hydrogens is 703 g/mol. The Morgan fingerprint density at radius 2 is 0.818 bits per heavy atom. The maximum Gasteiger partial charge on any atom is 0.0467 e. The van der Waals surface area contributed by atoms with Gasteiger partial charge in [-0.3, -0.25) is 0 Å². The molecule has 0 fully saturated rings. The number of nitrogens with zero attached hydrogens (tertiary/aromatic N) is 1. The van der Waals surface area contributed by atoms with E-state index in [2.05, 4.69) is 205 Å². The van der Waals surface area contributed by atoms with Crippen LogP contribution < -0.4 is 4.90 Å². The predicted octanol–water partition coefficient (Wildman–Crippen LogP) is 16.0. The van der Waals surface area contributed by atoms with Crippen LogP contribution in [0.4, 0.5) is 17.1 Å². The summed E-state index contributed by atoms with van der Waals surface area (Å²) in [5.74, 6) is 0. The van der Waals surface area contributed by atoms with Gasteiger partial charge in [0.05, 0.1) is 0 Å². The lowest BCUT2D eigenvalue weighted by Gasteiger charge is -2.26. The largest absolute Gasteiger partial charge is 0.310 e. The lowest BCUT2D eigenvalue weighted by Crippen LogP contribution is -2.10. The molecule has 2 heterocycles. The number of hydrogen-bond donors (Lipinski definition) is 0. The van der Waals surface area contributed by atoms with Gasteiger partial charge in [-0.15, -0.1) is 22.7 Å². The van der Waals surface area contributed by atoms with Gasteiger partial charge in [-0.25, -0.2) is 0 Å². The van der Waals surface area contributed by atoms with E-state index in [0.29, 0.717) is 0 Å². The molecule has 258 valence electrons. The monoisotopic (exact) mass is 735 g/mol. The van der Waals surface area contributed by atoms with Crippen LogP contribution in [0.5, 0.6) is 0 Å². The molecule has 0 amide bonds. The molecule has 11 rings (SSSR count). The average molecular weight is 736 g/mol. The third kappa shape index (κ3) is 5.51. The van der Waals surface area contributed by atoms with Crippen LogP contribution in [0, 0.1) is 0 Å². The lowest BCUT2D eigenvalue weighted by molar-refractivity contribution is 1.28. The Morgan fingerprint density at radius 1 is 0.291 bits per heavy atom. The summed E-state index contributed by atoms with van der Waals surface area (Å²) in [6.07, 6.45) is 0. The van der Waals surface area contributed by atoms with Crippen LogP contribution in [0.15, 0.2) is 200 Å². The first kappa shape index (κ1) is 32.0. The molecule has 0 saturated carbocycles. The van der Waals surface area contributed by atoms with E-state index in [1.807, 2.05) is 22.7 Å².